The van der Waals surface area contributed by atoms with Crippen LogP contribution < -0.4 is 5.43 Å². The predicted octanol–water partition coefficient (Wildman–Crippen LogP) is 1.99. The van der Waals surface area contributed by atoms with Gasteiger partial charge in [-0.1, -0.05) is 35.9 Å². The van der Waals surface area contributed by atoms with Gasteiger partial charge in [-0.2, -0.15) is 0 Å². The number of carboxylic acids is 1. The molecular weight excluding hydrogens is 419 g/mol. The first kappa shape index (κ1) is 23.3. The zero-order valence-electron chi connectivity index (χ0n) is 16.0. The first-order valence-corrected chi connectivity index (χ1v) is 9.27. The van der Waals surface area contributed by atoms with Crippen LogP contribution in [0.25, 0.3) is 11.1 Å². The zero-order valence-corrected chi connectivity index (χ0v) is 16.7. The number of carbonyl (C=O) groups is 3. The highest BCUT2D eigenvalue weighted by Crippen LogP contribution is 2.28. The Morgan fingerprint density at radius 1 is 1.20 bits per heavy atom. The van der Waals surface area contributed by atoms with Gasteiger partial charge >= 0.3 is 17.8 Å². The lowest BCUT2D eigenvalue weighted by atomic mass is 10.0. The summed E-state index contributed by atoms with van der Waals surface area (Å²) in [6.07, 6.45) is -1.79. The zero-order chi connectivity index (χ0) is 22.3. The molecule has 0 saturated heterocycles. The molecule has 160 valence electrons. The van der Waals surface area contributed by atoms with Crippen molar-refractivity contribution >= 4 is 29.4 Å². The van der Waals surface area contributed by atoms with Crippen molar-refractivity contribution in [3.8, 4) is 11.1 Å². The molecule has 10 heteroatoms. The van der Waals surface area contributed by atoms with Crippen molar-refractivity contribution in [2.24, 2.45) is 0 Å². The Kier molecular flexibility index (Phi) is 8.28. The summed E-state index contributed by atoms with van der Waals surface area (Å²) in [5.41, 5.74) is 3.99. The van der Waals surface area contributed by atoms with Crippen LogP contribution in [0.2, 0.25) is 5.02 Å². The average molecular weight is 439 g/mol. The van der Waals surface area contributed by atoms with Crippen molar-refractivity contribution in [1.82, 2.24) is 10.4 Å². The summed E-state index contributed by atoms with van der Waals surface area (Å²) in [6, 6.07) is 10.7. The van der Waals surface area contributed by atoms with Gasteiger partial charge in [-0.05, 0) is 36.2 Å². The molecule has 2 aromatic rings. The molecule has 0 aromatic heterocycles. The summed E-state index contributed by atoms with van der Waals surface area (Å²) < 4.78 is 18.1. The number of hydrogen-bond acceptors (Lipinski definition) is 6. The van der Waals surface area contributed by atoms with E-state index in [4.69, 9.17) is 16.7 Å². The van der Waals surface area contributed by atoms with Gasteiger partial charge in [0, 0.05) is 17.1 Å². The minimum Gasteiger partial charge on any atom is -0.479 e. The molecule has 8 nitrogen and oxygen atoms in total. The summed E-state index contributed by atoms with van der Waals surface area (Å²) in [6.45, 7) is 1.03. The largest absolute Gasteiger partial charge is 0.479 e. The molecule has 0 unspecified atom stereocenters. The van der Waals surface area contributed by atoms with Crippen LogP contribution in [0.5, 0.6) is 0 Å². The van der Waals surface area contributed by atoms with Gasteiger partial charge in [-0.3, -0.25) is 10.2 Å². The van der Waals surface area contributed by atoms with Crippen molar-refractivity contribution < 1.29 is 33.7 Å². The number of nitrogens with zero attached hydrogens (tertiary/aromatic N) is 1. The minimum atomic E-state index is -1.79. The molecule has 0 aliphatic heterocycles. The second-order valence-electron chi connectivity index (χ2n) is 6.22. The molecule has 2 aromatic carbocycles. The lowest BCUT2D eigenvalue weighted by Crippen LogP contribution is -2.49. The van der Waals surface area contributed by atoms with Crippen LogP contribution in [0, 0.1) is 5.82 Å². The van der Waals surface area contributed by atoms with Crippen molar-refractivity contribution in [1.29, 1.82) is 0 Å². The van der Waals surface area contributed by atoms with Crippen LogP contribution in [0.4, 0.5) is 4.39 Å². The van der Waals surface area contributed by atoms with E-state index in [0.29, 0.717) is 21.7 Å². The van der Waals surface area contributed by atoms with E-state index < -0.39 is 36.3 Å². The van der Waals surface area contributed by atoms with E-state index in [0.717, 1.165) is 5.01 Å². The van der Waals surface area contributed by atoms with Gasteiger partial charge in [0.05, 0.1) is 13.2 Å². The monoisotopic (exact) mass is 438 g/mol. The number of halogens is 2. The summed E-state index contributed by atoms with van der Waals surface area (Å²) in [5, 5.41) is 20.0. The maximum atomic E-state index is 13.5. The lowest BCUT2D eigenvalue weighted by Gasteiger charge is -2.24. The first-order valence-electron chi connectivity index (χ1n) is 8.89. The number of hydrogen-bond donors (Lipinski definition) is 3. The van der Waals surface area contributed by atoms with E-state index in [1.807, 2.05) is 0 Å². The number of amides is 1. The van der Waals surface area contributed by atoms with E-state index in [2.05, 4.69) is 10.2 Å². The number of aliphatic hydroxyl groups is 1. The summed E-state index contributed by atoms with van der Waals surface area (Å²) >= 11 is 6.10. The maximum absolute atomic E-state index is 13.5. The standard InChI is InChI=1S/C20H20ClFN2O6/c1-2-30-20(29)18(26)23-24(11-17(25)19(27)28)10-12-3-5-13(6-4-12)15-9-14(22)7-8-16(15)21/h3-9,17,25H,2,10-11H2,1H3,(H,23,26)(H,27,28)/t17-/m1/s1. The fraction of sp³-hybridized carbons (Fsp3) is 0.250. The molecule has 1 amide bonds. The van der Waals surface area contributed by atoms with Crippen LogP contribution in [0.3, 0.4) is 0 Å². The Balaban J connectivity index is 2.17. The number of aliphatic carboxylic acids is 1. The number of ether oxygens (including phenoxy) is 1. The Hall–Kier alpha value is -3.01. The molecule has 1 atom stereocenters. The predicted molar refractivity (Wildman–Crippen MR) is 106 cm³/mol. The normalized spacial score (nSPS) is 11.8. The molecule has 0 spiro atoms. The van der Waals surface area contributed by atoms with Gasteiger partial charge in [-0.25, -0.2) is 19.0 Å². The van der Waals surface area contributed by atoms with E-state index >= 15 is 0 Å². The van der Waals surface area contributed by atoms with E-state index in [9.17, 15) is 23.9 Å². The fourth-order valence-corrected chi connectivity index (χ4v) is 2.78. The van der Waals surface area contributed by atoms with Crippen LogP contribution in [-0.4, -0.2) is 52.3 Å². The van der Waals surface area contributed by atoms with Gasteiger partial charge < -0.3 is 14.9 Å². The maximum Gasteiger partial charge on any atom is 0.398 e. The Bertz CT molecular complexity index is 922. The molecule has 0 fully saturated rings. The van der Waals surface area contributed by atoms with Gasteiger partial charge in [0.25, 0.3) is 0 Å². The number of aliphatic hydroxyl groups excluding tert-OH is 1. The van der Waals surface area contributed by atoms with E-state index in [1.165, 1.54) is 25.1 Å². The SMILES string of the molecule is CCOC(=O)C(=O)NN(Cc1ccc(-c2cc(F)ccc2Cl)cc1)C[C@@H](O)C(=O)O. The van der Waals surface area contributed by atoms with Crippen LogP contribution in [-0.2, 0) is 25.7 Å². The van der Waals surface area contributed by atoms with Gasteiger partial charge in [0.1, 0.15) is 5.82 Å². The van der Waals surface area contributed by atoms with E-state index in [1.54, 1.807) is 24.3 Å². The second-order valence-corrected chi connectivity index (χ2v) is 6.62. The fourth-order valence-electron chi connectivity index (χ4n) is 2.55. The topological polar surface area (TPSA) is 116 Å². The number of nitrogens with one attached hydrogen (secondary N) is 1. The molecule has 0 bridgehead atoms. The van der Waals surface area contributed by atoms with Crippen LogP contribution in [0.1, 0.15) is 12.5 Å². The molecule has 30 heavy (non-hydrogen) atoms. The summed E-state index contributed by atoms with van der Waals surface area (Å²) in [5.74, 6) is -4.16. The highest BCUT2D eigenvalue weighted by atomic mass is 35.5. The second kappa shape index (κ2) is 10.7. The van der Waals surface area contributed by atoms with Crippen molar-refractivity contribution in [3.05, 3.63) is 58.9 Å². The molecule has 0 saturated carbocycles. The number of hydrazine groups is 1. The van der Waals surface area contributed by atoms with Crippen molar-refractivity contribution in [2.75, 3.05) is 13.2 Å². The smallest absolute Gasteiger partial charge is 0.398 e. The third-order valence-electron chi connectivity index (χ3n) is 3.97. The quantitative estimate of drug-likeness (QED) is 0.328. The molecular formula is C20H20ClFN2O6. The Morgan fingerprint density at radius 3 is 2.47 bits per heavy atom. The highest BCUT2D eigenvalue weighted by Gasteiger charge is 2.23. The third-order valence-corrected chi connectivity index (χ3v) is 4.30. The van der Waals surface area contributed by atoms with Crippen molar-refractivity contribution in [2.45, 2.75) is 19.6 Å². The van der Waals surface area contributed by atoms with Crippen LogP contribution >= 0.6 is 11.6 Å². The van der Waals surface area contributed by atoms with Crippen molar-refractivity contribution in [3.63, 3.8) is 0 Å². The van der Waals surface area contributed by atoms with Gasteiger partial charge in [-0.15, -0.1) is 0 Å². The molecule has 2 rings (SSSR count). The lowest BCUT2D eigenvalue weighted by molar-refractivity contribution is -0.158. The van der Waals surface area contributed by atoms with Crippen LogP contribution in [0.15, 0.2) is 42.5 Å². The minimum absolute atomic E-state index is 0.00585. The van der Waals surface area contributed by atoms with E-state index in [-0.39, 0.29) is 13.2 Å². The molecule has 3 N–H and O–H groups in total. The van der Waals surface area contributed by atoms with Gasteiger partial charge in [0.2, 0.25) is 0 Å². The number of benzene rings is 2. The third kappa shape index (κ3) is 6.51. The number of rotatable bonds is 8. The summed E-state index contributed by atoms with van der Waals surface area (Å²) in [7, 11) is 0. The number of esters is 1. The molecule has 0 aliphatic carbocycles. The molecule has 0 aliphatic rings. The Morgan fingerprint density at radius 2 is 1.87 bits per heavy atom. The number of carbonyl (C=O) groups excluding carboxylic acids is 2. The average Bonchev–Trinajstić information content (AvgIpc) is 2.70. The molecule has 0 radical (unpaired) electrons. The van der Waals surface area contributed by atoms with Gasteiger partial charge in [0.15, 0.2) is 6.10 Å². The number of carboxylic acid groups (broad SMARTS) is 1. The Labute approximate surface area is 176 Å². The first-order chi connectivity index (χ1) is 14.2. The highest BCUT2D eigenvalue weighted by molar-refractivity contribution is 6.33. The molecule has 0 heterocycles. The summed E-state index contributed by atoms with van der Waals surface area (Å²) in [4.78, 5) is 34.4.